The predicted octanol–water partition coefficient (Wildman–Crippen LogP) is 0.711. The van der Waals surface area contributed by atoms with Crippen LogP contribution in [0.4, 0.5) is 4.79 Å². The lowest BCUT2D eigenvalue weighted by molar-refractivity contribution is 0.0980. The number of urea groups is 1. The molecule has 0 aromatic heterocycles. The van der Waals surface area contributed by atoms with Crippen molar-refractivity contribution in [3.05, 3.63) is 0 Å². The lowest BCUT2D eigenvalue weighted by atomic mass is 10.0. The number of piperidine rings is 1. The summed E-state index contributed by atoms with van der Waals surface area (Å²) in [6.07, 6.45) is 5.89. The van der Waals surface area contributed by atoms with Crippen LogP contribution in [0.5, 0.6) is 0 Å². The van der Waals surface area contributed by atoms with Gasteiger partial charge in [-0.15, -0.1) is 0 Å². The van der Waals surface area contributed by atoms with Crippen LogP contribution in [0.25, 0.3) is 0 Å². The average molecular weight is 324 g/mol. The third kappa shape index (κ3) is 4.17. The van der Waals surface area contributed by atoms with E-state index in [4.69, 9.17) is 0 Å². The first-order valence-electron chi connectivity index (χ1n) is 9.34. The predicted molar refractivity (Wildman–Crippen MR) is 90.5 cm³/mol. The van der Waals surface area contributed by atoms with Crippen LogP contribution in [-0.4, -0.2) is 89.8 Å². The minimum atomic E-state index is -0.402. The van der Waals surface area contributed by atoms with Crippen molar-refractivity contribution in [2.45, 2.75) is 57.2 Å². The fraction of sp³-hybridized carbons (Fsp3) is 0.941. The molecule has 0 spiro atoms. The van der Waals surface area contributed by atoms with Gasteiger partial charge in [-0.2, -0.15) is 0 Å². The molecule has 6 heteroatoms. The van der Waals surface area contributed by atoms with E-state index in [0.29, 0.717) is 25.7 Å². The number of amides is 2. The van der Waals surface area contributed by atoms with Gasteiger partial charge in [-0.25, -0.2) is 4.79 Å². The van der Waals surface area contributed by atoms with Crippen LogP contribution >= 0.6 is 0 Å². The number of aliphatic hydroxyl groups excluding tert-OH is 1. The van der Waals surface area contributed by atoms with Gasteiger partial charge in [-0.3, -0.25) is 9.80 Å². The van der Waals surface area contributed by atoms with E-state index in [1.54, 1.807) is 4.90 Å². The quantitative estimate of drug-likeness (QED) is 0.800. The molecule has 3 rings (SSSR count). The van der Waals surface area contributed by atoms with Crippen LogP contribution in [0.15, 0.2) is 0 Å². The molecule has 0 aromatic rings. The molecule has 0 radical (unpaired) electrons. The summed E-state index contributed by atoms with van der Waals surface area (Å²) >= 11 is 0. The highest BCUT2D eigenvalue weighted by Gasteiger charge is 2.38. The maximum absolute atomic E-state index is 12.3. The van der Waals surface area contributed by atoms with Crippen molar-refractivity contribution in [3.8, 4) is 0 Å². The van der Waals surface area contributed by atoms with Crippen LogP contribution in [0, 0.1) is 0 Å². The number of likely N-dealkylation sites (tertiary alicyclic amines) is 3. The maximum atomic E-state index is 12.3. The highest BCUT2D eigenvalue weighted by atomic mass is 16.3. The molecule has 0 bridgehead atoms. The Kier molecular flexibility index (Phi) is 5.77. The van der Waals surface area contributed by atoms with Gasteiger partial charge in [-0.05, 0) is 52.2 Å². The van der Waals surface area contributed by atoms with Gasteiger partial charge in [0.15, 0.2) is 0 Å². The molecule has 2 N–H and O–H groups in total. The number of aliphatic hydroxyl groups is 1. The van der Waals surface area contributed by atoms with E-state index in [1.807, 2.05) is 0 Å². The second kappa shape index (κ2) is 7.81. The van der Waals surface area contributed by atoms with Crippen molar-refractivity contribution in [3.63, 3.8) is 0 Å². The molecule has 6 nitrogen and oxygen atoms in total. The van der Waals surface area contributed by atoms with Gasteiger partial charge in [0.1, 0.15) is 0 Å². The van der Waals surface area contributed by atoms with Gasteiger partial charge in [0.25, 0.3) is 0 Å². The Hall–Kier alpha value is -0.850. The van der Waals surface area contributed by atoms with Crippen LogP contribution in [0.1, 0.15) is 39.0 Å². The van der Waals surface area contributed by atoms with Crippen LogP contribution in [-0.2, 0) is 0 Å². The maximum Gasteiger partial charge on any atom is 0.317 e. The fourth-order valence-corrected chi connectivity index (χ4v) is 4.28. The zero-order valence-corrected chi connectivity index (χ0v) is 14.4. The first-order chi connectivity index (χ1) is 11.1. The monoisotopic (exact) mass is 324 g/mol. The molecule has 0 saturated carbocycles. The summed E-state index contributed by atoms with van der Waals surface area (Å²) < 4.78 is 0. The summed E-state index contributed by atoms with van der Waals surface area (Å²) in [6.45, 7) is 8.30. The van der Waals surface area contributed by atoms with Crippen molar-refractivity contribution in [1.82, 2.24) is 20.0 Å². The average Bonchev–Trinajstić information content (AvgIpc) is 3.18. The molecular weight excluding hydrogens is 292 g/mol. The van der Waals surface area contributed by atoms with Gasteiger partial charge < -0.3 is 15.3 Å². The van der Waals surface area contributed by atoms with Gasteiger partial charge >= 0.3 is 6.03 Å². The lowest BCUT2D eigenvalue weighted by Gasteiger charge is -2.33. The van der Waals surface area contributed by atoms with Crippen LogP contribution in [0.2, 0.25) is 0 Å². The summed E-state index contributed by atoms with van der Waals surface area (Å²) in [5, 5.41) is 13.3. The molecule has 132 valence electrons. The Morgan fingerprint density at radius 3 is 2.61 bits per heavy atom. The minimum absolute atomic E-state index is 0.0181. The van der Waals surface area contributed by atoms with E-state index in [9.17, 15) is 9.90 Å². The van der Waals surface area contributed by atoms with E-state index in [0.717, 1.165) is 26.2 Å². The highest BCUT2D eigenvalue weighted by Crippen LogP contribution is 2.21. The molecule has 3 aliphatic rings. The van der Waals surface area contributed by atoms with E-state index >= 15 is 0 Å². The summed E-state index contributed by atoms with van der Waals surface area (Å²) in [4.78, 5) is 18.9. The molecule has 3 saturated heterocycles. The third-order valence-corrected chi connectivity index (χ3v) is 5.77. The largest absolute Gasteiger partial charge is 0.390 e. The van der Waals surface area contributed by atoms with Crippen molar-refractivity contribution < 1.29 is 9.90 Å². The Balaban J connectivity index is 1.40. The van der Waals surface area contributed by atoms with Crippen molar-refractivity contribution in [2.24, 2.45) is 0 Å². The lowest BCUT2D eigenvalue weighted by Crippen LogP contribution is -2.46. The van der Waals surface area contributed by atoms with Gasteiger partial charge in [0.2, 0.25) is 0 Å². The number of hydrogen-bond acceptors (Lipinski definition) is 4. The fourth-order valence-electron chi connectivity index (χ4n) is 4.28. The van der Waals surface area contributed by atoms with Gasteiger partial charge in [0.05, 0.1) is 12.1 Å². The van der Waals surface area contributed by atoms with Crippen molar-refractivity contribution in [1.29, 1.82) is 0 Å². The summed E-state index contributed by atoms with van der Waals surface area (Å²) in [5.41, 5.74) is 0. The molecular formula is C17H32N4O2. The minimum Gasteiger partial charge on any atom is -0.390 e. The molecule has 0 aliphatic carbocycles. The first kappa shape index (κ1) is 17.0. The molecule has 2 amide bonds. The van der Waals surface area contributed by atoms with Crippen LogP contribution in [0.3, 0.4) is 0 Å². The smallest absolute Gasteiger partial charge is 0.317 e. The van der Waals surface area contributed by atoms with Crippen molar-refractivity contribution in [2.75, 3.05) is 45.8 Å². The Morgan fingerprint density at radius 2 is 1.87 bits per heavy atom. The molecule has 3 fully saturated rings. The van der Waals surface area contributed by atoms with Gasteiger partial charge in [0, 0.05) is 32.2 Å². The Labute approximate surface area is 139 Å². The van der Waals surface area contributed by atoms with E-state index in [-0.39, 0.29) is 12.1 Å². The van der Waals surface area contributed by atoms with Gasteiger partial charge in [-0.1, -0.05) is 6.42 Å². The number of nitrogens with zero attached hydrogens (tertiary/aromatic N) is 3. The number of carbonyl (C=O) groups excluding carboxylic acids is 1. The van der Waals surface area contributed by atoms with E-state index < -0.39 is 6.10 Å². The summed E-state index contributed by atoms with van der Waals surface area (Å²) in [7, 11) is 0. The molecule has 23 heavy (non-hydrogen) atoms. The molecule has 3 atom stereocenters. The summed E-state index contributed by atoms with van der Waals surface area (Å²) in [5.74, 6) is 0. The Morgan fingerprint density at radius 1 is 1.13 bits per heavy atom. The third-order valence-electron chi connectivity index (χ3n) is 5.77. The zero-order chi connectivity index (χ0) is 16.2. The number of β-amino-alcohol motifs (C(OH)–C–C–N with tert-alkyl or cyclic N) is 1. The number of nitrogens with one attached hydrogen (secondary N) is 1. The molecule has 3 aliphatic heterocycles. The first-order valence-corrected chi connectivity index (χ1v) is 9.34. The molecule has 0 aromatic carbocycles. The summed E-state index contributed by atoms with van der Waals surface area (Å²) in [6, 6.07) is 0.745. The second-order valence-electron chi connectivity index (χ2n) is 7.40. The molecule has 3 heterocycles. The normalized spacial score (nSPS) is 33.3. The topological polar surface area (TPSA) is 59.1 Å². The van der Waals surface area contributed by atoms with Crippen molar-refractivity contribution >= 4 is 6.03 Å². The van der Waals surface area contributed by atoms with E-state index in [1.165, 1.54) is 32.1 Å². The standard InChI is InChI=1S/C17H32N4O2/c1-14-6-2-3-8-19(14)11-7-18-17(23)21-12-15(16(22)13-21)20-9-4-5-10-20/h14-16,22H,2-13H2,1H3,(H,18,23). The van der Waals surface area contributed by atoms with E-state index in [2.05, 4.69) is 22.0 Å². The highest BCUT2D eigenvalue weighted by molar-refractivity contribution is 5.74. The SMILES string of the molecule is CC1CCCCN1CCNC(=O)N1CC(O)C(N2CCCC2)C1. The second-order valence-corrected chi connectivity index (χ2v) is 7.40. The Bertz CT molecular complexity index is 400. The van der Waals surface area contributed by atoms with Crippen LogP contribution < -0.4 is 5.32 Å². The molecule has 3 unspecified atom stereocenters. The number of hydrogen-bond donors (Lipinski definition) is 2. The zero-order valence-electron chi connectivity index (χ0n) is 14.4. The number of rotatable bonds is 4. The number of carbonyl (C=O) groups is 1.